The highest BCUT2D eigenvalue weighted by molar-refractivity contribution is 7.93. The number of allylic oxidation sites excluding steroid dienone is 4. The van der Waals surface area contributed by atoms with Crippen LogP contribution in [0, 0.1) is 17.2 Å². The van der Waals surface area contributed by atoms with Crippen molar-refractivity contribution >= 4 is 22.0 Å². The van der Waals surface area contributed by atoms with E-state index in [2.05, 4.69) is 10.0 Å². The third-order valence-corrected chi connectivity index (χ3v) is 7.48. The maximum atomic E-state index is 13.2. The van der Waals surface area contributed by atoms with Gasteiger partial charge in [-0.25, -0.2) is 8.42 Å². The van der Waals surface area contributed by atoms with Crippen LogP contribution in [0.5, 0.6) is 0 Å². The minimum atomic E-state index is -4.02. The number of hydrogen-bond acceptors (Lipinski definition) is 5. The summed E-state index contributed by atoms with van der Waals surface area (Å²) in [6, 6.07) is -1.26. The zero-order valence-electron chi connectivity index (χ0n) is 17.6. The molecule has 1 aliphatic carbocycles. The van der Waals surface area contributed by atoms with Crippen molar-refractivity contribution in [1.29, 1.82) is 5.41 Å². The van der Waals surface area contributed by atoms with E-state index in [-0.39, 0.29) is 34.7 Å². The maximum absolute atomic E-state index is 13.2. The van der Waals surface area contributed by atoms with Crippen LogP contribution in [0.1, 0.15) is 53.9 Å². The van der Waals surface area contributed by atoms with Gasteiger partial charge in [0.05, 0.1) is 4.91 Å². The average Bonchev–Trinajstić information content (AvgIpc) is 2.91. The Morgan fingerprint density at radius 1 is 1.38 bits per heavy atom. The summed E-state index contributed by atoms with van der Waals surface area (Å²) in [6.45, 7) is 9.70. The van der Waals surface area contributed by atoms with E-state index in [0.29, 0.717) is 25.0 Å². The van der Waals surface area contributed by atoms with E-state index < -0.39 is 22.0 Å². The van der Waals surface area contributed by atoms with Gasteiger partial charge in [0.1, 0.15) is 17.4 Å². The molecule has 10 heteroatoms. The zero-order valence-corrected chi connectivity index (χ0v) is 18.4. The topological polar surface area (TPSA) is 155 Å². The normalized spacial score (nSPS) is 24.7. The van der Waals surface area contributed by atoms with Crippen molar-refractivity contribution < 1.29 is 23.1 Å². The van der Waals surface area contributed by atoms with E-state index in [1.807, 2.05) is 27.7 Å². The first kappa shape index (κ1) is 23.2. The second-order valence-electron chi connectivity index (χ2n) is 8.43. The molecule has 0 aromatic rings. The molecule has 29 heavy (non-hydrogen) atoms. The van der Waals surface area contributed by atoms with Gasteiger partial charge in [0.25, 0.3) is 0 Å². The largest absolute Gasteiger partial charge is 0.492 e. The molecule has 1 fully saturated rings. The predicted octanol–water partition coefficient (Wildman–Crippen LogP) is 1.64. The van der Waals surface area contributed by atoms with E-state index in [1.54, 1.807) is 6.92 Å². The fraction of sp³-hybridized carbons (Fsp3) is 0.684. The summed E-state index contributed by atoms with van der Waals surface area (Å²) in [5.41, 5.74) is 6.24. The number of carbonyl (C=O) groups is 1. The molecule has 6 N–H and O–H groups in total. The lowest BCUT2D eigenvalue weighted by Crippen LogP contribution is -2.43. The van der Waals surface area contributed by atoms with Crippen LogP contribution in [-0.4, -0.2) is 43.6 Å². The summed E-state index contributed by atoms with van der Waals surface area (Å²) in [6.07, 6.45) is 1.13. The number of rotatable bonds is 8. The number of nitrogens with one attached hydrogen (secondary N) is 3. The molecule has 2 aliphatic rings. The number of guanidine groups is 1. The van der Waals surface area contributed by atoms with Crippen molar-refractivity contribution in [2.45, 2.75) is 65.5 Å². The van der Waals surface area contributed by atoms with Crippen molar-refractivity contribution in [2.24, 2.45) is 17.6 Å². The highest BCUT2D eigenvalue weighted by Crippen LogP contribution is 2.50. The van der Waals surface area contributed by atoms with Gasteiger partial charge in [-0.05, 0) is 58.1 Å². The van der Waals surface area contributed by atoms with Crippen molar-refractivity contribution in [2.75, 3.05) is 6.54 Å². The van der Waals surface area contributed by atoms with Crippen LogP contribution in [0.4, 0.5) is 0 Å². The smallest absolute Gasteiger partial charge is 0.321 e. The number of carboxylic acid groups (broad SMARTS) is 1. The summed E-state index contributed by atoms with van der Waals surface area (Å²) in [5.74, 6) is -0.986. The van der Waals surface area contributed by atoms with Gasteiger partial charge in [-0.3, -0.25) is 10.2 Å². The van der Waals surface area contributed by atoms with Gasteiger partial charge in [-0.15, -0.1) is 0 Å². The van der Waals surface area contributed by atoms with E-state index in [4.69, 9.17) is 15.9 Å². The van der Waals surface area contributed by atoms with E-state index in [1.165, 1.54) is 0 Å². The molecule has 164 valence electrons. The Bertz CT molecular complexity index is 860. The standard InChI is InChI=1S/C19H32N4O5S/c1-10-11(2)16(12(3)13-9-19(4,5)28-15(10)13)29(26,27)23-14(17(24)25)7-6-8-22-18(20)21/h12-14,23H,6-9H2,1-5H3,(H,24,25)(H4,20,21,22)/t12?,13?,14-/m0/s1. The van der Waals surface area contributed by atoms with E-state index in [9.17, 15) is 18.3 Å². The van der Waals surface area contributed by atoms with Gasteiger partial charge >= 0.3 is 5.97 Å². The maximum Gasteiger partial charge on any atom is 0.321 e. The first-order valence-corrected chi connectivity index (χ1v) is 11.2. The zero-order chi connectivity index (χ0) is 22.1. The van der Waals surface area contributed by atoms with Crippen molar-refractivity contribution in [3.8, 4) is 0 Å². The third kappa shape index (κ3) is 5.11. The van der Waals surface area contributed by atoms with Crippen molar-refractivity contribution in [1.82, 2.24) is 10.0 Å². The number of nitrogens with two attached hydrogens (primary N) is 1. The summed E-state index contributed by atoms with van der Waals surface area (Å²) in [7, 11) is -4.02. The molecule has 9 nitrogen and oxygen atoms in total. The highest BCUT2D eigenvalue weighted by atomic mass is 32.2. The SMILES string of the molecule is CC1=C2OC(C)(C)CC2C(C)C(S(=O)(=O)N[C@@H](CCCNC(=N)N)C(=O)O)=C1C. The Hall–Kier alpha value is -2.07. The molecule has 2 unspecified atom stereocenters. The van der Waals surface area contributed by atoms with Crippen LogP contribution in [-0.2, 0) is 19.6 Å². The lowest BCUT2D eigenvalue weighted by molar-refractivity contribution is -0.139. The molecule has 2 rings (SSSR count). The molecule has 0 saturated carbocycles. The van der Waals surface area contributed by atoms with Gasteiger partial charge in [-0.2, -0.15) is 4.72 Å². The Morgan fingerprint density at radius 2 is 2.00 bits per heavy atom. The fourth-order valence-electron chi connectivity index (χ4n) is 4.15. The van der Waals surface area contributed by atoms with Crippen LogP contribution < -0.4 is 15.8 Å². The molecule has 1 heterocycles. The van der Waals surface area contributed by atoms with Gasteiger partial charge in [0.2, 0.25) is 10.0 Å². The van der Waals surface area contributed by atoms with Crippen LogP contribution in [0.15, 0.2) is 21.8 Å². The third-order valence-electron chi connectivity index (χ3n) is 5.62. The monoisotopic (exact) mass is 428 g/mol. The van der Waals surface area contributed by atoms with Crippen LogP contribution in [0.25, 0.3) is 0 Å². The lowest BCUT2D eigenvalue weighted by atomic mass is 9.79. The van der Waals surface area contributed by atoms with Crippen molar-refractivity contribution in [3.05, 3.63) is 21.8 Å². The quantitative estimate of drug-likeness (QED) is 0.224. The van der Waals surface area contributed by atoms with E-state index >= 15 is 0 Å². The minimum absolute atomic E-state index is 0.0525. The second kappa shape index (κ2) is 8.35. The van der Waals surface area contributed by atoms with Gasteiger partial charge in [0, 0.05) is 18.4 Å². The number of ether oxygens (including phenoxy) is 1. The first-order valence-electron chi connectivity index (χ1n) is 9.71. The Balaban J connectivity index is 2.25. The summed E-state index contributed by atoms with van der Waals surface area (Å²) in [4.78, 5) is 11.9. The number of aliphatic carboxylic acids is 1. The highest BCUT2D eigenvalue weighted by Gasteiger charge is 2.47. The minimum Gasteiger partial charge on any atom is -0.492 e. The molecule has 0 amide bonds. The van der Waals surface area contributed by atoms with Crippen LogP contribution >= 0.6 is 0 Å². The van der Waals surface area contributed by atoms with Gasteiger partial charge in [-0.1, -0.05) is 6.92 Å². The molecule has 3 atom stereocenters. The molecular weight excluding hydrogens is 396 g/mol. The molecule has 0 spiro atoms. The number of sulfonamides is 1. The average molecular weight is 429 g/mol. The molecule has 0 aromatic heterocycles. The molecule has 0 aromatic carbocycles. The lowest BCUT2D eigenvalue weighted by Gasteiger charge is -2.31. The Morgan fingerprint density at radius 3 is 2.55 bits per heavy atom. The fourth-order valence-corrected chi connectivity index (χ4v) is 6.08. The molecule has 1 saturated heterocycles. The molecule has 0 radical (unpaired) electrons. The molecule has 1 aliphatic heterocycles. The Kier molecular flexibility index (Phi) is 6.68. The predicted molar refractivity (Wildman–Crippen MR) is 110 cm³/mol. The molecular formula is C19H32N4O5S. The van der Waals surface area contributed by atoms with Gasteiger partial charge in [0.15, 0.2) is 5.96 Å². The van der Waals surface area contributed by atoms with Crippen molar-refractivity contribution in [3.63, 3.8) is 0 Å². The summed E-state index contributed by atoms with van der Waals surface area (Å²) in [5, 5.41) is 19.2. The van der Waals surface area contributed by atoms with Crippen LogP contribution in [0.3, 0.4) is 0 Å². The number of carboxylic acids is 1. The second-order valence-corrected chi connectivity index (χ2v) is 10.1. The summed E-state index contributed by atoms with van der Waals surface area (Å²) < 4.78 is 34.8. The van der Waals surface area contributed by atoms with E-state index in [0.717, 1.165) is 11.3 Å². The first-order chi connectivity index (χ1) is 13.3. The molecule has 0 bridgehead atoms. The Labute approximate surface area is 172 Å². The summed E-state index contributed by atoms with van der Waals surface area (Å²) >= 11 is 0. The van der Waals surface area contributed by atoms with Crippen LogP contribution in [0.2, 0.25) is 0 Å². The number of hydrogen-bond donors (Lipinski definition) is 5. The van der Waals surface area contributed by atoms with Gasteiger partial charge < -0.3 is 20.9 Å². The number of fused-ring (bicyclic) bond motifs is 1.